The molecule has 0 radical (unpaired) electrons. The number of likely N-dealkylation sites (tertiary alicyclic amines) is 1. The molecule has 3 rings (SSSR count). The number of fused-ring (bicyclic) bond motifs is 1. The summed E-state index contributed by atoms with van der Waals surface area (Å²) in [6.07, 6.45) is 9.34. The van der Waals surface area contributed by atoms with Gasteiger partial charge in [-0.05, 0) is 75.8 Å². The molecule has 0 amide bonds. The molecular formula is C18H28N2. The molecule has 1 N–H and O–H groups in total. The predicted octanol–water partition coefficient (Wildman–Crippen LogP) is 3.01. The van der Waals surface area contributed by atoms with Gasteiger partial charge in [-0.3, -0.25) is 0 Å². The van der Waals surface area contributed by atoms with Gasteiger partial charge < -0.3 is 10.2 Å². The average molecular weight is 272 g/mol. The summed E-state index contributed by atoms with van der Waals surface area (Å²) in [4.78, 5) is 2.64. The van der Waals surface area contributed by atoms with E-state index < -0.39 is 0 Å². The second kappa shape index (κ2) is 7.24. The van der Waals surface area contributed by atoms with Crippen LogP contribution in [0, 0.1) is 0 Å². The third-order valence-electron chi connectivity index (χ3n) is 4.88. The van der Waals surface area contributed by atoms with Crippen molar-refractivity contribution in [2.75, 3.05) is 26.2 Å². The smallest absolute Gasteiger partial charge is 0.0111 e. The quantitative estimate of drug-likeness (QED) is 0.829. The van der Waals surface area contributed by atoms with E-state index in [0.717, 1.165) is 0 Å². The van der Waals surface area contributed by atoms with Gasteiger partial charge in [0, 0.05) is 6.04 Å². The summed E-state index contributed by atoms with van der Waals surface area (Å²) in [5.74, 6) is 0. The number of aryl methyl sites for hydroxylation is 1. The van der Waals surface area contributed by atoms with Crippen LogP contribution < -0.4 is 5.32 Å². The lowest BCUT2D eigenvalue weighted by atomic mass is 9.88. The second-order valence-corrected chi connectivity index (χ2v) is 6.42. The maximum atomic E-state index is 3.78. The summed E-state index contributed by atoms with van der Waals surface area (Å²) in [7, 11) is 0. The fraction of sp³-hybridized carbons (Fsp3) is 0.667. The Morgan fingerprint density at radius 1 is 1.05 bits per heavy atom. The molecule has 1 saturated heterocycles. The molecule has 1 fully saturated rings. The van der Waals surface area contributed by atoms with Crippen LogP contribution in [0.3, 0.4) is 0 Å². The highest BCUT2D eigenvalue weighted by molar-refractivity contribution is 5.30. The first-order valence-electron chi connectivity index (χ1n) is 8.44. The molecule has 0 aromatic heterocycles. The maximum Gasteiger partial charge on any atom is 0.0111 e. The minimum atomic E-state index is 0.700. The van der Waals surface area contributed by atoms with Crippen molar-refractivity contribution in [3.05, 3.63) is 35.4 Å². The first-order valence-corrected chi connectivity index (χ1v) is 8.44. The van der Waals surface area contributed by atoms with Crippen molar-refractivity contribution >= 4 is 0 Å². The van der Waals surface area contributed by atoms with Crippen LogP contribution in [0.1, 0.15) is 43.2 Å². The van der Waals surface area contributed by atoms with Crippen molar-refractivity contribution in [2.24, 2.45) is 0 Å². The van der Waals surface area contributed by atoms with Gasteiger partial charge in [-0.15, -0.1) is 0 Å². The van der Waals surface area contributed by atoms with Gasteiger partial charge in [-0.2, -0.15) is 0 Å². The summed E-state index contributed by atoms with van der Waals surface area (Å²) in [5.41, 5.74) is 3.13. The summed E-state index contributed by atoms with van der Waals surface area (Å²) in [6.45, 7) is 5.13. The number of hydrogen-bond donors (Lipinski definition) is 1. The van der Waals surface area contributed by atoms with E-state index in [9.17, 15) is 0 Å². The number of hydrogen-bond acceptors (Lipinski definition) is 2. The zero-order valence-corrected chi connectivity index (χ0v) is 12.6. The Labute approximate surface area is 123 Å². The average Bonchev–Trinajstić information content (AvgIpc) is 2.52. The number of benzene rings is 1. The van der Waals surface area contributed by atoms with Crippen LogP contribution in [-0.4, -0.2) is 37.1 Å². The highest BCUT2D eigenvalue weighted by atomic mass is 15.1. The lowest BCUT2D eigenvalue weighted by molar-refractivity contribution is 0.224. The Bertz CT molecular complexity index is 410. The van der Waals surface area contributed by atoms with E-state index in [1.165, 1.54) is 71.1 Å². The van der Waals surface area contributed by atoms with Crippen LogP contribution in [0.4, 0.5) is 0 Å². The van der Waals surface area contributed by atoms with E-state index in [4.69, 9.17) is 0 Å². The van der Waals surface area contributed by atoms with E-state index in [-0.39, 0.29) is 0 Å². The van der Waals surface area contributed by atoms with Crippen LogP contribution in [0.5, 0.6) is 0 Å². The van der Waals surface area contributed by atoms with Crippen LogP contribution in [0.2, 0.25) is 0 Å². The van der Waals surface area contributed by atoms with Crippen LogP contribution in [0.25, 0.3) is 0 Å². The first-order chi connectivity index (χ1) is 9.92. The van der Waals surface area contributed by atoms with Gasteiger partial charge >= 0.3 is 0 Å². The first kappa shape index (κ1) is 14.1. The summed E-state index contributed by atoms with van der Waals surface area (Å²) in [6, 6.07) is 9.65. The lowest BCUT2D eigenvalue weighted by Crippen LogP contribution is -2.37. The molecule has 1 aliphatic carbocycles. The van der Waals surface area contributed by atoms with Crippen molar-refractivity contribution in [3.8, 4) is 0 Å². The summed E-state index contributed by atoms with van der Waals surface area (Å²) >= 11 is 0. The van der Waals surface area contributed by atoms with Gasteiger partial charge in [0.25, 0.3) is 0 Å². The van der Waals surface area contributed by atoms with Crippen LogP contribution in [-0.2, 0) is 12.8 Å². The van der Waals surface area contributed by atoms with Crippen LogP contribution >= 0.6 is 0 Å². The predicted molar refractivity (Wildman–Crippen MR) is 85.2 cm³/mol. The van der Waals surface area contributed by atoms with Gasteiger partial charge in [-0.25, -0.2) is 0 Å². The standard InChI is InChI=1S/C18H28N2/c1-4-12-20(13-5-1)14-6-11-19-18-10-9-16-7-2-3-8-17(16)15-18/h2-3,7-8,18-19H,1,4-6,9-15H2. The van der Waals surface area contributed by atoms with Crippen molar-refractivity contribution < 1.29 is 0 Å². The second-order valence-electron chi connectivity index (χ2n) is 6.42. The van der Waals surface area contributed by atoms with Gasteiger partial charge in [0.05, 0.1) is 0 Å². The lowest BCUT2D eigenvalue weighted by Gasteiger charge is -2.28. The molecule has 1 aliphatic heterocycles. The topological polar surface area (TPSA) is 15.3 Å². The van der Waals surface area contributed by atoms with Crippen molar-refractivity contribution in [1.29, 1.82) is 0 Å². The number of rotatable bonds is 5. The summed E-state index contributed by atoms with van der Waals surface area (Å²) in [5, 5.41) is 3.78. The van der Waals surface area contributed by atoms with E-state index in [2.05, 4.69) is 34.5 Å². The van der Waals surface area contributed by atoms with Gasteiger partial charge in [0.2, 0.25) is 0 Å². The molecule has 1 atom stereocenters. The molecule has 0 spiro atoms. The highest BCUT2D eigenvalue weighted by Crippen LogP contribution is 2.20. The molecule has 2 nitrogen and oxygen atoms in total. The molecule has 1 aromatic rings. The van der Waals surface area contributed by atoms with Gasteiger partial charge in [0.1, 0.15) is 0 Å². The monoisotopic (exact) mass is 272 g/mol. The normalized spacial score (nSPS) is 23.5. The fourth-order valence-corrected chi connectivity index (χ4v) is 3.66. The van der Waals surface area contributed by atoms with Gasteiger partial charge in [0.15, 0.2) is 0 Å². The highest BCUT2D eigenvalue weighted by Gasteiger charge is 2.17. The molecule has 2 aliphatic rings. The third kappa shape index (κ3) is 3.83. The number of nitrogens with one attached hydrogen (secondary N) is 1. The Morgan fingerprint density at radius 2 is 1.85 bits per heavy atom. The minimum Gasteiger partial charge on any atom is -0.314 e. The largest absolute Gasteiger partial charge is 0.314 e. The molecule has 0 bridgehead atoms. The molecule has 110 valence electrons. The fourth-order valence-electron chi connectivity index (χ4n) is 3.66. The molecule has 2 heteroatoms. The van der Waals surface area contributed by atoms with Crippen molar-refractivity contribution in [2.45, 2.75) is 51.0 Å². The minimum absolute atomic E-state index is 0.700. The molecule has 1 heterocycles. The molecule has 1 unspecified atom stereocenters. The van der Waals surface area contributed by atoms with Gasteiger partial charge in [-0.1, -0.05) is 30.7 Å². The number of nitrogens with zero attached hydrogens (tertiary/aromatic N) is 1. The third-order valence-corrected chi connectivity index (χ3v) is 4.88. The Hall–Kier alpha value is -0.860. The van der Waals surface area contributed by atoms with Crippen molar-refractivity contribution in [3.63, 3.8) is 0 Å². The SMILES string of the molecule is c1ccc2c(c1)CCC(NCCCN1CCCCC1)C2. The molecule has 0 saturated carbocycles. The van der Waals surface area contributed by atoms with E-state index in [1.807, 2.05) is 0 Å². The van der Waals surface area contributed by atoms with E-state index >= 15 is 0 Å². The zero-order chi connectivity index (χ0) is 13.6. The van der Waals surface area contributed by atoms with Crippen molar-refractivity contribution in [1.82, 2.24) is 10.2 Å². The maximum absolute atomic E-state index is 3.78. The zero-order valence-electron chi connectivity index (χ0n) is 12.6. The van der Waals surface area contributed by atoms with E-state index in [0.29, 0.717) is 6.04 Å². The Morgan fingerprint density at radius 3 is 2.70 bits per heavy atom. The van der Waals surface area contributed by atoms with E-state index in [1.54, 1.807) is 11.1 Å². The Balaban J connectivity index is 1.35. The molecular weight excluding hydrogens is 244 g/mol. The number of piperidine rings is 1. The molecule has 20 heavy (non-hydrogen) atoms. The summed E-state index contributed by atoms with van der Waals surface area (Å²) < 4.78 is 0. The van der Waals surface area contributed by atoms with Crippen LogP contribution in [0.15, 0.2) is 24.3 Å². The Kier molecular flexibility index (Phi) is 5.10. The molecule has 1 aromatic carbocycles.